The molecule has 0 radical (unpaired) electrons. The second-order valence-corrected chi connectivity index (χ2v) is 5.78. The molecule has 118 valence electrons. The van der Waals surface area contributed by atoms with Crippen LogP contribution in [0.1, 0.15) is 12.8 Å². The Hall–Kier alpha value is -1.30. The van der Waals surface area contributed by atoms with E-state index in [0.717, 1.165) is 37.5 Å². The van der Waals surface area contributed by atoms with Crippen LogP contribution in [-0.4, -0.2) is 62.6 Å². The van der Waals surface area contributed by atoms with Crippen molar-refractivity contribution in [3.05, 3.63) is 24.3 Å². The maximum absolute atomic E-state index is 9.76. The van der Waals surface area contributed by atoms with Gasteiger partial charge >= 0.3 is 0 Å². The summed E-state index contributed by atoms with van der Waals surface area (Å²) in [6, 6.07) is 8.40. The molecule has 0 aromatic heterocycles. The van der Waals surface area contributed by atoms with Gasteiger partial charge in [0.15, 0.2) is 0 Å². The molecule has 1 aliphatic heterocycles. The standard InChI is InChI=1S/C16H26N2O3/c1-18(2)11-15(19)12-21-16-5-3-13(4-6-16)17-14-7-9-20-10-8-14/h3-6,14-15,17,19H,7-12H2,1-2H3. The smallest absolute Gasteiger partial charge is 0.119 e. The summed E-state index contributed by atoms with van der Waals surface area (Å²) in [5, 5.41) is 13.3. The summed E-state index contributed by atoms with van der Waals surface area (Å²) >= 11 is 0. The van der Waals surface area contributed by atoms with Gasteiger partial charge < -0.3 is 24.8 Å². The average Bonchev–Trinajstić information content (AvgIpc) is 2.47. The molecule has 0 aliphatic carbocycles. The Labute approximate surface area is 126 Å². The van der Waals surface area contributed by atoms with E-state index >= 15 is 0 Å². The highest BCUT2D eigenvalue weighted by Crippen LogP contribution is 2.19. The van der Waals surface area contributed by atoms with Gasteiger partial charge in [-0.15, -0.1) is 0 Å². The number of aliphatic hydroxyl groups excluding tert-OH is 1. The van der Waals surface area contributed by atoms with E-state index in [4.69, 9.17) is 9.47 Å². The minimum atomic E-state index is -0.472. The largest absolute Gasteiger partial charge is 0.491 e. The Morgan fingerprint density at radius 3 is 2.57 bits per heavy atom. The first-order chi connectivity index (χ1) is 10.1. The van der Waals surface area contributed by atoms with Crippen molar-refractivity contribution in [2.45, 2.75) is 25.0 Å². The van der Waals surface area contributed by atoms with Crippen molar-refractivity contribution in [1.82, 2.24) is 4.90 Å². The number of ether oxygens (including phenoxy) is 2. The average molecular weight is 294 g/mol. The van der Waals surface area contributed by atoms with Crippen LogP contribution >= 0.6 is 0 Å². The van der Waals surface area contributed by atoms with Crippen molar-refractivity contribution < 1.29 is 14.6 Å². The molecule has 1 atom stereocenters. The lowest BCUT2D eigenvalue weighted by atomic mass is 10.1. The van der Waals surface area contributed by atoms with E-state index in [9.17, 15) is 5.11 Å². The molecule has 0 saturated carbocycles. The quantitative estimate of drug-likeness (QED) is 0.799. The third kappa shape index (κ3) is 5.91. The predicted octanol–water partition coefficient (Wildman–Crippen LogP) is 1.58. The number of likely N-dealkylation sites (N-methyl/N-ethyl adjacent to an activating group) is 1. The van der Waals surface area contributed by atoms with Crippen molar-refractivity contribution >= 4 is 5.69 Å². The van der Waals surface area contributed by atoms with E-state index in [1.807, 2.05) is 43.3 Å². The van der Waals surface area contributed by atoms with Crippen LogP contribution in [0, 0.1) is 0 Å². The predicted molar refractivity (Wildman–Crippen MR) is 84.0 cm³/mol. The first-order valence-corrected chi connectivity index (χ1v) is 7.53. The van der Waals surface area contributed by atoms with Crippen molar-refractivity contribution in [1.29, 1.82) is 0 Å². The van der Waals surface area contributed by atoms with E-state index < -0.39 is 6.10 Å². The fourth-order valence-electron chi connectivity index (χ4n) is 2.39. The van der Waals surface area contributed by atoms with Gasteiger partial charge in [-0.25, -0.2) is 0 Å². The zero-order valence-electron chi connectivity index (χ0n) is 12.9. The lowest BCUT2D eigenvalue weighted by Crippen LogP contribution is -2.30. The topological polar surface area (TPSA) is 54.0 Å². The summed E-state index contributed by atoms with van der Waals surface area (Å²) < 4.78 is 10.9. The lowest BCUT2D eigenvalue weighted by Gasteiger charge is -2.24. The van der Waals surface area contributed by atoms with Crippen molar-refractivity contribution in [3.8, 4) is 5.75 Å². The number of benzene rings is 1. The van der Waals surface area contributed by atoms with Gasteiger partial charge in [-0.05, 0) is 51.2 Å². The van der Waals surface area contributed by atoms with Gasteiger partial charge in [-0.1, -0.05) is 0 Å². The maximum atomic E-state index is 9.76. The molecular weight excluding hydrogens is 268 g/mol. The SMILES string of the molecule is CN(C)CC(O)COc1ccc(NC2CCOCC2)cc1. The van der Waals surface area contributed by atoms with E-state index in [1.165, 1.54) is 0 Å². The monoisotopic (exact) mass is 294 g/mol. The molecular formula is C16H26N2O3. The Morgan fingerprint density at radius 1 is 1.29 bits per heavy atom. The fourth-order valence-corrected chi connectivity index (χ4v) is 2.39. The van der Waals surface area contributed by atoms with Crippen LogP contribution in [-0.2, 0) is 4.74 Å². The summed E-state index contributed by atoms with van der Waals surface area (Å²) in [5.74, 6) is 0.783. The summed E-state index contributed by atoms with van der Waals surface area (Å²) in [5.41, 5.74) is 1.10. The van der Waals surface area contributed by atoms with Crippen LogP contribution in [0.4, 0.5) is 5.69 Å². The molecule has 5 heteroatoms. The minimum Gasteiger partial charge on any atom is -0.491 e. The summed E-state index contributed by atoms with van der Waals surface area (Å²) in [6.07, 6.45) is 1.63. The number of anilines is 1. The zero-order chi connectivity index (χ0) is 15.1. The van der Waals surface area contributed by atoms with E-state index in [0.29, 0.717) is 19.2 Å². The van der Waals surface area contributed by atoms with Crippen LogP contribution in [0.25, 0.3) is 0 Å². The second-order valence-electron chi connectivity index (χ2n) is 5.78. The van der Waals surface area contributed by atoms with Crippen molar-refractivity contribution in [3.63, 3.8) is 0 Å². The molecule has 1 unspecified atom stereocenters. The highest BCUT2D eigenvalue weighted by atomic mass is 16.5. The highest BCUT2D eigenvalue weighted by molar-refractivity contribution is 5.47. The van der Waals surface area contributed by atoms with Gasteiger partial charge in [0.2, 0.25) is 0 Å². The zero-order valence-corrected chi connectivity index (χ0v) is 12.9. The third-order valence-electron chi connectivity index (χ3n) is 3.46. The van der Waals surface area contributed by atoms with Gasteiger partial charge in [-0.3, -0.25) is 0 Å². The molecule has 1 saturated heterocycles. The van der Waals surface area contributed by atoms with Crippen LogP contribution in [0.5, 0.6) is 5.75 Å². The Morgan fingerprint density at radius 2 is 1.95 bits per heavy atom. The molecule has 0 spiro atoms. The minimum absolute atomic E-state index is 0.310. The van der Waals surface area contributed by atoms with Gasteiger partial charge in [0.25, 0.3) is 0 Å². The lowest BCUT2D eigenvalue weighted by molar-refractivity contribution is 0.0831. The Bertz CT molecular complexity index is 402. The molecule has 1 fully saturated rings. The van der Waals surface area contributed by atoms with Crippen molar-refractivity contribution in [2.24, 2.45) is 0 Å². The molecule has 1 aromatic rings. The van der Waals surface area contributed by atoms with Gasteiger partial charge in [0.05, 0.1) is 0 Å². The molecule has 5 nitrogen and oxygen atoms in total. The van der Waals surface area contributed by atoms with Gasteiger partial charge in [-0.2, -0.15) is 0 Å². The normalized spacial score (nSPS) is 17.7. The molecule has 21 heavy (non-hydrogen) atoms. The summed E-state index contributed by atoms with van der Waals surface area (Å²) in [7, 11) is 3.86. The first-order valence-electron chi connectivity index (χ1n) is 7.53. The number of aliphatic hydroxyl groups is 1. The Balaban J connectivity index is 1.76. The van der Waals surface area contributed by atoms with Crippen LogP contribution in [0.15, 0.2) is 24.3 Å². The molecule has 1 heterocycles. The van der Waals surface area contributed by atoms with E-state index in [2.05, 4.69) is 5.32 Å². The molecule has 2 rings (SSSR count). The molecule has 1 aromatic carbocycles. The van der Waals surface area contributed by atoms with Crippen molar-refractivity contribution in [2.75, 3.05) is 45.8 Å². The van der Waals surface area contributed by atoms with Gasteiger partial charge in [0.1, 0.15) is 18.5 Å². The van der Waals surface area contributed by atoms with Gasteiger partial charge in [0, 0.05) is 31.5 Å². The second kappa shape index (κ2) is 8.22. The number of hydrogen-bond acceptors (Lipinski definition) is 5. The van der Waals surface area contributed by atoms with Crippen LogP contribution in [0.3, 0.4) is 0 Å². The van der Waals surface area contributed by atoms with Crippen LogP contribution < -0.4 is 10.1 Å². The number of hydrogen-bond donors (Lipinski definition) is 2. The molecule has 0 amide bonds. The van der Waals surface area contributed by atoms with E-state index in [-0.39, 0.29) is 0 Å². The number of nitrogens with zero attached hydrogens (tertiary/aromatic N) is 1. The summed E-state index contributed by atoms with van der Waals surface area (Å²) in [4.78, 5) is 1.94. The molecule has 1 aliphatic rings. The summed E-state index contributed by atoms with van der Waals surface area (Å²) in [6.45, 7) is 2.58. The third-order valence-corrected chi connectivity index (χ3v) is 3.46. The number of nitrogens with one attached hydrogen (secondary N) is 1. The maximum Gasteiger partial charge on any atom is 0.119 e. The molecule has 0 bridgehead atoms. The van der Waals surface area contributed by atoms with E-state index in [1.54, 1.807) is 0 Å². The Kier molecular flexibility index (Phi) is 6.29. The molecule has 2 N–H and O–H groups in total. The highest BCUT2D eigenvalue weighted by Gasteiger charge is 2.13. The van der Waals surface area contributed by atoms with Crippen LogP contribution in [0.2, 0.25) is 0 Å². The number of rotatable bonds is 7. The first kappa shape index (κ1) is 16.1. The fraction of sp³-hybridized carbons (Fsp3) is 0.625.